The Bertz CT molecular complexity index is 1140. The lowest BCUT2D eigenvalue weighted by Crippen LogP contribution is -2.36. The van der Waals surface area contributed by atoms with Gasteiger partial charge in [-0.1, -0.05) is 49.1 Å². The summed E-state index contributed by atoms with van der Waals surface area (Å²) < 4.78 is 7.72. The number of thiocarbonyl (C=S) groups is 1. The SMILES string of the molecule is CCC(C)N1C(=O)C(=Cc2cn(-c3ccccc3)nc2-c2ccc(OC)cc2)SC1=S. The number of aromatic nitrogens is 2. The molecule has 158 valence electrons. The average molecular weight is 450 g/mol. The Balaban J connectivity index is 1.79. The molecule has 3 aromatic rings. The van der Waals surface area contributed by atoms with E-state index in [0.717, 1.165) is 34.7 Å². The zero-order chi connectivity index (χ0) is 22.0. The number of carbonyl (C=O) groups excluding carboxylic acids is 1. The van der Waals surface area contributed by atoms with Crippen LogP contribution in [0.5, 0.6) is 5.75 Å². The molecule has 0 bridgehead atoms. The second kappa shape index (κ2) is 9.08. The molecule has 7 heteroatoms. The summed E-state index contributed by atoms with van der Waals surface area (Å²) in [6, 6.07) is 17.7. The number of carbonyl (C=O) groups is 1. The van der Waals surface area contributed by atoms with Crippen molar-refractivity contribution < 1.29 is 9.53 Å². The van der Waals surface area contributed by atoms with Crippen molar-refractivity contribution >= 4 is 40.3 Å². The average Bonchev–Trinajstić information content (AvgIpc) is 3.34. The molecule has 0 radical (unpaired) electrons. The van der Waals surface area contributed by atoms with Crippen LogP contribution in [0.2, 0.25) is 0 Å². The van der Waals surface area contributed by atoms with Crippen LogP contribution < -0.4 is 4.74 Å². The molecule has 0 saturated carbocycles. The van der Waals surface area contributed by atoms with Gasteiger partial charge in [-0.05, 0) is 55.8 Å². The number of thioether (sulfide) groups is 1. The maximum Gasteiger partial charge on any atom is 0.266 e. The lowest BCUT2D eigenvalue weighted by atomic mass is 10.1. The van der Waals surface area contributed by atoms with Crippen LogP contribution in [0.3, 0.4) is 0 Å². The number of hydrogen-bond acceptors (Lipinski definition) is 5. The van der Waals surface area contributed by atoms with E-state index in [9.17, 15) is 4.79 Å². The van der Waals surface area contributed by atoms with Gasteiger partial charge >= 0.3 is 0 Å². The topological polar surface area (TPSA) is 47.4 Å². The van der Waals surface area contributed by atoms with E-state index in [4.69, 9.17) is 22.1 Å². The summed E-state index contributed by atoms with van der Waals surface area (Å²) in [5, 5.41) is 4.83. The van der Waals surface area contributed by atoms with Crippen molar-refractivity contribution in [1.29, 1.82) is 0 Å². The van der Waals surface area contributed by atoms with E-state index in [1.165, 1.54) is 11.8 Å². The Hall–Kier alpha value is -2.90. The van der Waals surface area contributed by atoms with Crippen molar-refractivity contribution in [2.45, 2.75) is 26.3 Å². The molecule has 0 N–H and O–H groups in total. The van der Waals surface area contributed by atoms with Crippen molar-refractivity contribution in [1.82, 2.24) is 14.7 Å². The maximum atomic E-state index is 13.0. The number of hydrogen-bond donors (Lipinski definition) is 0. The number of methoxy groups -OCH3 is 1. The smallest absolute Gasteiger partial charge is 0.266 e. The third-order valence-corrected chi connectivity index (χ3v) is 6.60. The van der Waals surface area contributed by atoms with E-state index in [-0.39, 0.29) is 11.9 Å². The third kappa shape index (κ3) is 4.29. The number of para-hydroxylation sites is 1. The predicted octanol–water partition coefficient (Wildman–Crippen LogP) is 5.55. The summed E-state index contributed by atoms with van der Waals surface area (Å²) >= 11 is 6.83. The molecule has 1 unspecified atom stereocenters. The van der Waals surface area contributed by atoms with Crippen LogP contribution in [0.25, 0.3) is 23.0 Å². The standard InChI is InChI=1S/C24H23N3O2S2/c1-4-16(2)27-23(28)21(31-24(27)30)14-18-15-26(19-8-6-5-7-9-19)25-22(18)17-10-12-20(29-3)13-11-17/h5-16H,4H2,1-3H3. The molecule has 1 fully saturated rings. The summed E-state index contributed by atoms with van der Waals surface area (Å²) in [5.74, 6) is 0.736. The first-order valence-corrected chi connectivity index (χ1v) is 11.3. The fourth-order valence-corrected chi connectivity index (χ4v) is 4.82. The minimum Gasteiger partial charge on any atom is -0.497 e. The highest BCUT2D eigenvalue weighted by Gasteiger charge is 2.35. The molecule has 1 amide bonds. The molecular weight excluding hydrogens is 426 g/mol. The van der Waals surface area contributed by atoms with Gasteiger partial charge in [-0.25, -0.2) is 4.68 Å². The Morgan fingerprint density at radius 3 is 2.52 bits per heavy atom. The molecule has 5 nitrogen and oxygen atoms in total. The van der Waals surface area contributed by atoms with Crippen molar-refractivity contribution in [2.75, 3.05) is 7.11 Å². The second-order valence-corrected chi connectivity index (χ2v) is 8.93. The van der Waals surface area contributed by atoms with Crippen molar-refractivity contribution in [3.8, 4) is 22.7 Å². The van der Waals surface area contributed by atoms with Gasteiger partial charge in [0.2, 0.25) is 0 Å². The van der Waals surface area contributed by atoms with E-state index in [0.29, 0.717) is 9.23 Å². The Morgan fingerprint density at radius 1 is 1.16 bits per heavy atom. The largest absolute Gasteiger partial charge is 0.497 e. The van der Waals surface area contributed by atoms with Gasteiger partial charge in [0.25, 0.3) is 5.91 Å². The number of nitrogens with zero attached hydrogens (tertiary/aromatic N) is 3. The highest BCUT2D eigenvalue weighted by atomic mass is 32.2. The van der Waals surface area contributed by atoms with E-state index < -0.39 is 0 Å². The second-order valence-electron chi connectivity index (χ2n) is 7.25. The summed E-state index contributed by atoms with van der Waals surface area (Å²) in [6.07, 6.45) is 4.70. The summed E-state index contributed by atoms with van der Waals surface area (Å²) in [4.78, 5) is 15.4. The molecule has 31 heavy (non-hydrogen) atoms. The molecule has 1 aliphatic heterocycles. The van der Waals surface area contributed by atoms with Crippen molar-refractivity contribution in [3.05, 3.63) is 71.3 Å². The lowest BCUT2D eigenvalue weighted by molar-refractivity contribution is -0.123. The Labute approximate surface area is 191 Å². The van der Waals surface area contributed by atoms with Crippen molar-refractivity contribution in [3.63, 3.8) is 0 Å². The van der Waals surface area contributed by atoms with Gasteiger partial charge in [0.05, 0.1) is 23.4 Å². The zero-order valence-electron chi connectivity index (χ0n) is 17.6. The first kappa shape index (κ1) is 21.3. The molecule has 1 atom stereocenters. The highest BCUT2D eigenvalue weighted by molar-refractivity contribution is 8.26. The fourth-order valence-electron chi connectivity index (χ4n) is 3.36. The van der Waals surface area contributed by atoms with Gasteiger partial charge in [0.1, 0.15) is 10.1 Å². The van der Waals surface area contributed by atoms with Gasteiger partial charge in [-0.3, -0.25) is 9.69 Å². The minimum atomic E-state index is -0.0440. The molecule has 2 heterocycles. The van der Waals surface area contributed by atoms with Crippen LogP contribution in [0.4, 0.5) is 0 Å². The first-order valence-electron chi connectivity index (χ1n) is 10.1. The van der Waals surface area contributed by atoms with Crippen molar-refractivity contribution in [2.24, 2.45) is 0 Å². The predicted molar refractivity (Wildman–Crippen MR) is 130 cm³/mol. The summed E-state index contributed by atoms with van der Waals surface area (Å²) in [5.41, 5.74) is 3.54. The van der Waals surface area contributed by atoms with E-state index in [2.05, 4.69) is 6.92 Å². The van der Waals surface area contributed by atoms with Gasteiger partial charge in [-0.2, -0.15) is 5.10 Å². The molecule has 1 aromatic heterocycles. The van der Waals surface area contributed by atoms with E-state index >= 15 is 0 Å². The molecule has 0 spiro atoms. The highest BCUT2D eigenvalue weighted by Crippen LogP contribution is 2.36. The summed E-state index contributed by atoms with van der Waals surface area (Å²) in [6.45, 7) is 4.07. The van der Waals surface area contributed by atoms with Gasteiger partial charge in [-0.15, -0.1) is 0 Å². The Kier molecular flexibility index (Phi) is 6.25. The number of ether oxygens (including phenoxy) is 1. The zero-order valence-corrected chi connectivity index (χ0v) is 19.2. The molecule has 2 aromatic carbocycles. The first-order chi connectivity index (χ1) is 15.0. The van der Waals surface area contributed by atoms with Gasteiger partial charge in [0.15, 0.2) is 0 Å². The van der Waals surface area contributed by atoms with E-state index in [1.807, 2.05) is 78.5 Å². The number of rotatable bonds is 6. The van der Waals surface area contributed by atoms with Crippen LogP contribution in [0.1, 0.15) is 25.8 Å². The van der Waals surface area contributed by atoms with Crippen LogP contribution in [0.15, 0.2) is 65.7 Å². The molecular formula is C24H23N3O2S2. The normalized spacial score (nSPS) is 16.2. The van der Waals surface area contributed by atoms with Crippen LogP contribution in [0, 0.1) is 0 Å². The quantitative estimate of drug-likeness (QED) is 0.365. The van der Waals surface area contributed by atoms with Crippen LogP contribution in [-0.2, 0) is 4.79 Å². The number of benzene rings is 2. The Morgan fingerprint density at radius 2 is 1.87 bits per heavy atom. The van der Waals surface area contributed by atoms with Crippen LogP contribution in [-0.4, -0.2) is 38.1 Å². The maximum absolute atomic E-state index is 13.0. The summed E-state index contributed by atoms with van der Waals surface area (Å²) in [7, 11) is 1.64. The lowest BCUT2D eigenvalue weighted by Gasteiger charge is -2.21. The minimum absolute atomic E-state index is 0.0440. The number of amides is 1. The van der Waals surface area contributed by atoms with Crippen LogP contribution >= 0.6 is 24.0 Å². The fraction of sp³-hybridized carbons (Fsp3) is 0.208. The third-order valence-electron chi connectivity index (χ3n) is 5.27. The van der Waals surface area contributed by atoms with Gasteiger partial charge < -0.3 is 4.74 Å². The molecule has 0 aliphatic carbocycles. The monoisotopic (exact) mass is 449 g/mol. The van der Waals surface area contributed by atoms with Gasteiger partial charge in [0, 0.05) is 23.4 Å². The molecule has 1 aliphatic rings. The molecule has 1 saturated heterocycles. The van der Waals surface area contributed by atoms with E-state index in [1.54, 1.807) is 12.0 Å². The molecule has 4 rings (SSSR count).